The normalized spacial score (nSPS) is 10.1. The van der Waals surface area contributed by atoms with Gasteiger partial charge in [0.25, 0.3) is 0 Å². The standard InChI is InChI=1S/C10H15ClN2O2/c11-12-9-1-3-10(4-2-9)13(5-7-14)6-8-15/h1-4,12,14-15H,5-8H2. The molecule has 0 radical (unpaired) electrons. The summed E-state index contributed by atoms with van der Waals surface area (Å²) in [6.07, 6.45) is 0. The van der Waals surface area contributed by atoms with Crippen LogP contribution in [-0.2, 0) is 0 Å². The third-order valence-electron chi connectivity index (χ3n) is 2.08. The molecule has 3 N–H and O–H groups in total. The molecule has 0 aliphatic carbocycles. The van der Waals surface area contributed by atoms with Crippen molar-refractivity contribution >= 4 is 23.2 Å². The Kier molecular flexibility index (Phi) is 5.25. The second kappa shape index (κ2) is 6.50. The van der Waals surface area contributed by atoms with Crippen molar-refractivity contribution in [3.8, 4) is 0 Å². The molecule has 1 aromatic rings. The van der Waals surface area contributed by atoms with Gasteiger partial charge in [-0.05, 0) is 24.3 Å². The summed E-state index contributed by atoms with van der Waals surface area (Å²) in [5.74, 6) is 0. The van der Waals surface area contributed by atoms with Crippen molar-refractivity contribution in [1.29, 1.82) is 0 Å². The summed E-state index contributed by atoms with van der Waals surface area (Å²) in [4.78, 5) is 4.41. The van der Waals surface area contributed by atoms with Gasteiger partial charge >= 0.3 is 0 Å². The van der Waals surface area contributed by atoms with Gasteiger partial charge in [-0.2, -0.15) is 0 Å². The number of rotatable bonds is 6. The van der Waals surface area contributed by atoms with Crippen molar-refractivity contribution in [3.05, 3.63) is 24.3 Å². The number of benzene rings is 1. The van der Waals surface area contributed by atoms with Gasteiger partial charge in [0.15, 0.2) is 0 Å². The lowest BCUT2D eigenvalue weighted by Crippen LogP contribution is -2.29. The summed E-state index contributed by atoms with van der Waals surface area (Å²) < 4.78 is 0. The molecule has 0 aliphatic heterocycles. The Morgan fingerprint density at radius 1 is 1.07 bits per heavy atom. The van der Waals surface area contributed by atoms with E-state index in [-0.39, 0.29) is 13.2 Å². The molecule has 0 fully saturated rings. The van der Waals surface area contributed by atoms with E-state index in [1.807, 2.05) is 29.2 Å². The van der Waals surface area contributed by atoms with E-state index in [2.05, 4.69) is 4.84 Å². The number of hydrogen-bond donors (Lipinski definition) is 3. The zero-order valence-corrected chi connectivity index (χ0v) is 9.11. The minimum atomic E-state index is 0.0650. The van der Waals surface area contributed by atoms with Crippen LogP contribution in [0.2, 0.25) is 0 Å². The number of halogens is 1. The zero-order chi connectivity index (χ0) is 11.1. The van der Waals surface area contributed by atoms with Crippen LogP contribution in [0, 0.1) is 0 Å². The van der Waals surface area contributed by atoms with E-state index in [9.17, 15) is 0 Å². The van der Waals surface area contributed by atoms with Crippen LogP contribution in [0.15, 0.2) is 24.3 Å². The lowest BCUT2D eigenvalue weighted by Gasteiger charge is -2.22. The van der Waals surface area contributed by atoms with Crippen LogP contribution in [0.4, 0.5) is 11.4 Å². The number of nitrogens with one attached hydrogen (secondary N) is 1. The minimum Gasteiger partial charge on any atom is -0.395 e. The Hall–Kier alpha value is -0.970. The van der Waals surface area contributed by atoms with E-state index in [0.717, 1.165) is 11.4 Å². The maximum atomic E-state index is 8.87. The molecule has 84 valence electrons. The Morgan fingerprint density at radius 2 is 1.60 bits per heavy atom. The molecule has 0 unspecified atom stereocenters. The molecule has 0 aromatic heterocycles. The highest BCUT2D eigenvalue weighted by molar-refractivity contribution is 6.23. The third-order valence-corrected chi connectivity index (χ3v) is 2.30. The zero-order valence-electron chi connectivity index (χ0n) is 8.36. The van der Waals surface area contributed by atoms with Crippen LogP contribution in [0.5, 0.6) is 0 Å². The molecule has 0 bridgehead atoms. The van der Waals surface area contributed by atoms with Gasteiger partial charge in [-0.15, -0.1) is 0 Å². The molecule has 0 heterocycles. The van der Waals surface area contributed by atoms with E-state index >= 15 is 0 Å². The van der Waals surface area contributed by atoms with E-state index in [1.54, 1.807) is 0 Å². The van der Waals surface area contributed by atoms with E-state index in [1.165, 1.54) is 0 Å². The second-order valence-electron chi connectivity index (χ2n) is 3.08. The molecule has 0 amide bonds. The summed E-state index contributed by atoms with van der Waals surface area (Å²) in [5, 5.41) is 17.7. The van der Waals surface area contributed by atoms with Crippen molar-refractivity contribution in [2.24, 2.45) is 0 Å². The van der Waals surface area contributed by atoms with Crippen molar-refractivity contribution < 1.29 is 10.2 Å². The smallest absolute Gasteiger partial charge is 0.0606 e. The summed E-state index contributed by atoms with van der Waals surface area (Å²) in [6.45, 7) is 1.15. The molecule has 1 rings (SSSR count). The first-order valence-electron chi connectivity index (χ1n) is 4.75. The first kappa shape index (κ1) is 12.1. The van der Waals surface area contributed by atoms with Gasteiger partial charge in [-0.25, -0.2) is 0 Å². The molecule has 0 saturated heterocycles. The van der Waals surface area contributed by atoms with Gasteiger partial charge in [-0.3, -0.25) is 4.84 Å². The van der Waals surface area contributed by atoms with Crippen LogP contribution in [0.3, 0.4) is 0 Å². The summed E-state index contributed by atoms with van der Waals surface area (Å²) >= 11 is 5.44. The molecular weight excluding hydrogens is 216 g/mol. The van der Waals surface area contributed by atoms with E-state index in [0.29, 0.717) is 13.1 Å². The second-order valence-corrected chi connectivity index (χ2v) is 3.26. The van der Waals surface area contributed by atoms with Crippen molar-refractivity contribution in [1.82, 2.24) is 0 Å². The maximum Gasteiger partial charge on any atom is 0.0606 e. The summed E-state index contributed by atoms with van der Waals surface area (Å²) in [7, 11) is 0. The average Bonchev–Trinajstić information content (AvgIpc) is 2.29. The van der Waals surface area contributed by atoms with Gasteiger partial charge in [0, 0.05) is 36.2 Å². The highest BCUT2D eigenvalue weighted by Crippen LogP contribution is 2.17. The topological polar surface area (TPSA) is 55.7 Å². The lowest BCUT2D eigenvalue weighted by molar-refractivity contribution is 0.281. The van der Waals surface area contributed by atoms with Gasteiger partial charge in [0.1, 0.15) is 0 Å². The van der Waals surface area contributed by atoms with E-state index in [4.69, 9.17) is 22.0 Å². The number of nitrogens with zero attached hydrogens (tertiary/aromatic N) is 1. The van der Waals surface area contributed by atoms with Gasteiger partial charge in [0.05, 0.1) is 13.2 Å². The predicted octanol–water partition coefficient (Wildman–Crippen LogP) is 1.04. The molecule has 5 heteroatoms. The van der Waals surface area contributed by atoms with Gasteiger partial charge in [-0.1, -0.05) is 0 Å². The highest BCUT2D eigenvalue weighted by atomic mass is 35.5. The Labute approximate surface area is 94.2 Å². The van der Waals surface area contributed by atoms with E-state index < -0.39 is 0 Å². The monoisotopic (exact) mass is 230 g/mol. The predicted molar refractivity (Wildman–Crippen MR) is 62.3 cm³/mol. The fourth-order valence-electron chi connectivity index (χ4n) is 1.35. The Balaban J connectivity index is 2.72. The molecule has 0 spiro atoms. The van der Waals surface area contributed by atoms with Crippen LogP contribution in [-0.4, -0.2) is 36.5 Å². The fourth-order valence-corrected chi connectivity index (χ4v) is 1.47. The quantitative estimate of drug-likeness (QED) is 0.640. The third kappa shape index (κ3) is 3.58. The molecule has 0 saturated carbocycles. The summed E-state index contributed by atoms with van der Waals surface area (Å²) in [5.41, 5.74) is 1.77. The summed E-state index contributed by atoms with van der Waals surface area (Å²) in [6, 6.07) is 7.44. The molecule has 15 heavy (non-hydrogen) atoms. The molecule has 0 aliphatic rings. The first-order valence-corrected chi connectivity index (χ1v) is 5.13. The number of anilines is 2. The number of aliphatic hydroxyl groups is 2. The lowest BCUT2D eigenvalue weighted by atomic mass is 10.2. The molecule has 1 aromatic carbocycles. The van der Waals surface area contributed by atoms with Crippen LogP contribution in [0.1, 0.15) is 0 Å². The van der Waals surface area contributed by atoms with Gasteiger partial charge < -0.3 is 15.1 Å². The fraction of sp³-hybridized carbons (Fsp3) is 0.400. The van der Waals surface area contributed by atoms with Crippen LogP contribution in [0.25, 0.3) is 0 Å². The van der Waals surface area contributed by atoms with Gasteiger partial charge in [0.2, 0.25) is 0 Å². The maximum absolute atomic E-state index is 8.87. The van der Waals surface area contributed by atoms with Crippen molar-refractivity contribution in [3.63, 3.8) is 0 Å². The SMILES string of the molecule is OCCN(CCO)c1ccc(NCl)cc1. The minimum absolute atomic E-state index is 0.0650. The molecular formula is C10H15ClN2O2. The molecule has 4 nitrogen and oxygen atoms in total. The molecule has 0 atom stereocenters. The van der Waals surface area contributed by atoms with Crippen LogP contribution >= 0.6 is 11.8 Å². The average molecular weight is 231 g/mol. The first-order chi connectivity index (χ1) is 7.31. The largest absolute Gasteiger partial charge is 0.395 e. The van der Waals surface area contributed by atoms with Crippen LogP contribution < -0.4 is 9.74 Å². The van der Waals surface area contributed by atoms with Crippen molar-refractivity contribution in [2.75, 3.05) is 36.0 Å². The van der Waals surface area contributed by atoms with Crippen molar-refractivity contribution in [2.45, 2.75) is 0 Å². The number of aliphatic hydroxyl groups excluding tert-OH is 2. The highest BCUT2D eigenvalue weighted by Gasteiger charge is 2.04. The Bertz CT molecular complexity index is 273. The number of hydrogen-bond acceptors (Lipinski definition) is 4. The Morgan fingerprint density at radius 3 is 2.00 bits per heavy atom.